The van der Waals surface area contributed by atoms with Gasteiger partial charge in [0.15, 0.2) is 0 Å². The number of methoxy groups -OCH3 is 2. The molecule has 0 radical (unpaired) electrons. The van der Waals surface area contributed by atoms with Crippen molar-refractivity contribution in [3.8, 4) is 11.5 Å². The van der Waals surface area contributed by atoms with E-state index in [0.29, 0.717) is 17.1 Å². The second-order valence-corrected chi connectivity index (χ2v) is 2.97. The molecule has 0 unspecified atom stereocenters. The number of ether oxygens (including phenoxy) is 2. The van der Waals surface area contributed by atoms with Crippen LogP contribution in [0.5, 0.6) is 11.5 Å². The maximum atomic E-state index is 11.0. The molecule has 6 nitrogen and oxygen atoms in total. The molecule has 0 aromatic heterocycles. The minimum absolute atomic E-state index is 0.593. The lowest BCUT2D eigenvalue weighted by Gasteiger charge is -2.06. The Morgan fingerprint density at radius 1 is 1.41 bits per heavy atom. The van der Waals surface area contributed by atoms with Gasteiger partial charge in [0.1, 0.15) is 11.5 Å². The molecular formula is C11H11N3O3. The number of hydrogen-bond donors (Lipinski definition) is 0. The van der Waals surface area contributed by atoms with Crippen LogP contribution in [0.25, 0.3) is 16.5 Å². The van der Waals surface area contributed by atoms with Crippen LogP contribution in [0.15, 0.2) is 29.4 Å². The molecule has 0 saturated carbocycles. The van der Waals surface area contributed by atoms with Gasteiger partial charge in [-0.3, -0.25) is 4.79 Å². The molecule has 17 heavy (non-hydrogen) atoms. The van der Waals surface area contributed by atoms with Gasteiger partial charge < -0.3 is 9.47 Å². The van der Waals surface area contributed by atoms with Crippen LogP contribution in [0.1, 0.15) is 5.56 Å². The number of rotatable bonds is 4. The van der Waals surface area contributed by atoms with Crippen LogP contribution in [0.2, 0.25) is 0 Å². The van der Waals surface area contributed by atoms with Crippen molar-refractivity contribution in [1.82, 2.24) is 0 Å². The van der Waals surface area contributed by atoms with E-state index in [1.807, 2.05) is 0 Å². The Hall–Kier alpha value is -2.46. The largest absolute Gasteiger partial charge is 0.497 e. The number of carbonyl (C=O) groups excluding carboxylic acids is 1. The summed E-state index contributed by atoms with van der Waals surface area (Å²) >= 11 is 0. The van der Waals surface area contributed by atoms with Crippen LogP contribution in [-0.2, 0) is 4.79 Å². The minimum Gasteiger partial charge on any atom is -0.497 e. The molecule has 1 rings (SSSR count). The highest BCUT2D eigenvalue weighted by molar-refractivity contribution is 5.92. The van der Waals surface area contributed by atoms with Crippen molar-refractivity contribution in [3.63, 3.8) is 0 Å². The Morgan fingerprint density at radius 3 is 2.76 bits per heavy atom. The fourth-order valence-electron chi connectivity index (χ4n) is 1.21. The Morgan fingerprint density at radius 2 is 2.18 bits per heavy atom. The zero-order valence-electron chi connectivity index (χ0n) is 9.45. The molecule has 0 bridgehead atoms. The summed E-state index contributed by atoms with van der Waals surface area (Å²) in [5.74, 6) is 0.565. The van der Waals surface area contributed by atoms with Crippen molar-refractivity contribution in [2.24, 2.45) is 5.11 Å². The van der Waals surface area contributed by atoms with Crippen molar-refractivity contribution in [1.29, 1.82) is 0 Å². The molecule has 1 amide bonds. The molecule has 0 aliphatic carbocycles. The van der Waals surface area contributed by atoms with Gasteiger partial charge in [-0.05, 0) is 41.0 Å². The Bertz CT molecular complexity index is 491. The van der Waals surface area contributed by atoms with Crippen molar-refractivity contribution in [3.05, 3.63) is 40.3 Å². The molecule has 0 saturated heterocycles. The minimum atomic E-state index is -0.669. The van der Waals surface area contributed by atoms with Crippen molar-refractivity contribution in [2.45, 2.75) is 0 Å². The van der Waals surface area contributed by atoms with E-state index < -0.39 is 5.91 Å². The number of carbonyl (C=O) groups is 1. The molecule has 1 aromatic carbocycles. The molecule has 0 heterocycles. The van der Waals surface area contributed by atoms with E-state index in [0.717, 1.165) is 6.08 Å². The van der Waals surface area contributed by atoms with Crippen LogP contribution in [0.4, 0.5) is 0 Å². The van der Waals surface area contributed by atoms with Crippen molar-refractivity contribution >= 4 is 12.0 Å². The monoisotopic (exact) mass is 233 g/mol. The third kappa shape index (κ3) is 3.55. The van der Waals surface area contributed by atoms with E-state index >= 15 is 0 Å². The standard InChI is InChI=1S/C11H11N3O3/c1-16-9-4-5-10(17-2)8(7-9)3-6-11(15)13-14-12/h3-7H,1-2H3/b6-3+. The first kappa shape index (κ1) is 12.6. The molecule has 0 N–H and O–H groups in total. The lowest BCUT2D eigenvalue weighted by atomic mass is 10.1. The first-order chi connectivity index (χ1) is 8.21. The highest BCUT2D eigenvalue weighted by atomic mass is 16.5. The first-order valence-electron chi connectivity index (χ1n) is 4.70. The van der Waals surface area contributed by atoms with E-state index in [1.165, 1.54) is 13.2 Å². The highest BCUT2D eigenvalue weighted by Gasteiger charge is 2.02. The molecule has 0 fully saturated rings. The predicted molar refractivity (Wildman–Crippen MR) is 62.7 cm³/mol. The van der Waals surface area contributed by atoms with Gasteiger partial charge in [0.25, 0.3) is 0 Å². The molecule has 88 valence electrons. The van der Waals surface area contributed by atoms with Crippen molar-refractivity contribution < 1.29 is 14.3 Å². The molecular weight excluding hydrogens is 222 g/mol. The molecule has 1 aromatic rings. The summed E-state index contributed by atoms with van der Waals surface area (Å²) in [5, 5.41) is 2.92. The van der Waals surface area contributed by atoms with Gasteiger partial charge in [-0.2, -0.15) is 0 Å². The number of azide groups is 1. The zero-order chi connectivity index (χ0) is 12.7. The molecule has 0 spiro atoms. The SMILES string of the molecule is COc1ccc(OC)c(/C=C/C(=O)N=[N+]=[N-])c1. The van der Waals surface area contributed by atoms with E-state index in [-0.39, 0.29) is 0 Å². The van der Waals surface area contributed by atoms with Gasteiger partial charge in [-0.1, -0.05) is 0 Å². The van der Waals surface area contributed by atoms with Gasteiger partial charge in [0, 0.05) is 10.5 Å². The molecule has 0 atom stereocenters. The zero-order valence-corrected chi connectivity index (χ0v) is 9.45. The molecule has 0 aliphatic heterocycles. The Kier molecular flexibility index (Phi) is 4.59. The summed E-state index contributed by atoms with van der Waals surface area (Å²) in [5.41, 5.74) is 8.74. The fourth-order valence-corrected chi connectivity index (χ4v) is 1.21. The average molecular weight is 233 g/mol. The molecule has 0 aliphatic rings. The topological polar surface area (TPSA) is 84.3 Å². The van der Waals surface area contributed by atoms with Crippen LogP contribution < -0.4 is 9.47 Å². The van der Waals surface area contributed by atoms with Crippen LogP contribution in [-0.4, -0.2) is 20.1 Å². The summed E-state index contributed by atoms with van der Waals surface area (Å²) in [6.45, 7) is 0. The second-order valence-electron chi connectivity index (χ2n) is 2.97. The Labute approximate surface area is 98.1 Å². The van der Waals surface area contributed by atoms with Gasteiger partial charge in [0.2, 0.25) is 5.91 Å². The Balaban J connectivity index is 3.02. The van der Waals surface area contributed by atoms with Gasteiger partial charge >= 0.3 is 0 Å². The van der Waals surface area contributed by atoms with Crippen LogP contribution in [0, 0.1) is 0 Å². The number of benzene rings is 1. The highest BCUT2D eigenvalue weighted by Crippen LogP contribution is 2.24. The van der Waals surface area contributed by atoms with Gasteiger partial charge in [0.05, 0.1) is 14.2 Å². The summed E-state index contributed by atoms with van der Waals surface area (Å²) in [7, 11) is 3.06. The average Bonchev–Trinajstić information content (AvgIpc) is 2.36. The summed E-state index contributed by atoms with van der Waals surface area (Å²) < 4.78 is 10.2. The van der Waals surface area contributed by atoms with E-state index in [9.17, 15) is 4.79 Å². The second kappa shape index (κ2) is 6.19. The third-order valence-corrected chi connectivity index (χ3v) is 1.99. The maximum Gasteiger partial charge on any atom is 0.242 e. The number of nitrogens with zero attached hydrogens (tertiary/aromatic N) is 3. The normalized spacial score (nSPS) is 9.76. The van der Waals surface area contributed by atoms with E-state index in [1.54, 1.807) is 25.3 Å². The van der Waals surface area contributed by atoms with Crippen LogP contribution >= 0.6 is 0 Å². The summed E-state index contributed by atoms with van der Waals surface area (Å²) in [4.78, 5) is 13.4. The van der Waals surface area contributed by atoms with Crippen LogP contribution in [0.3, 0.4) is 0 Å². The summed E-state index contributed by atoms with van der Waals surface area (Å²) in [6.07, 6.45) is 2.66. The van der Waals surface area contributed by atoms with Gasteiger partial charge in [-0.15, -0.1) is 0 Å². The first-order valence-corrected chi connectivity index (χ1v) is 4.70. The molecule has 6 heteroatoms. The lowest BCUT2D eigenvalue weighted by molar-refractivity contribution is -0.113. The van der Waals surface area contributed by atoms with E-state index in [2.05, 4.69) is 10.0 Å². The predicted octanol–water partition coefficient (Wildman–Crippen LogP) is 2.55. The van der Waals surface area contributed by atoms with Gasteiger partial charge in [-0.25, -0.2) is 0 Å². The fraction of sp³-hybridized carbons (Fsp3) is 0.182. The quantitative estimate of drug-likeness (QED) is 0.346. The third-order valence-electron chi connectivity index (χ3n) is 1.99. The van der Waals surface area contributed by atoms with Crippen molar-refractivity contribution in [2.75, 3.05) is 14.2 Å². The number of hydrogen-bond acceptors (Lipinski definition) is 3. The summed E-state index contributed by atoms with van der Waals surface area (Å²) in [6, 6.07) is 5.17. The smallest absolute Gasteiger partial charge is 0.242 e. The lowest BCUT2D eigenvalue weighted by Crippen LogP contribution is -1.90. The number of amides is 1. The van der Waals surface area contributed by atoms with E-state index in [4.69, 9.17) is 15.0 Å². The maximum absolute atomic E-state index is 11.0.